The Labute approximate surface area is 225 Å². The van der Waals surface area contributed by atoms with Gasteiger partial charge in [-0.1, -0.05) is 48.0 Å². The smallest absolute Gasteiger partial charge is 0.264 e. The maximum atomic E-state index is 13.8. The topological polar surface area (TPSA) is 96.0 Å². The number of amides is 2. The van der Waals surface area contributed by atoms with Crippen LogP contribution in [0.15, 0.2) is 83.8 Å². The molecule has 0 aliphatic carbocycles. The molecule has 0 aromatic heterocycles. The molecule has 0 saturated carbocycles. The second kappa shape index (κ2) is 13.1. The quantitative estimate of drug-likeness (QED) is 0.375. The first kappa shape index (κ1) is 28.7. The highest BCUT2D eigenvalue weighted by Crippen LogP contribution is 2.26. The van der Waals surface area contributed by atoms with Crippen LogP contribution in [0.25, 0.3) is 0 Å². The van der Waals surface area contributed by atoms with Gasteiger partial charge >= 0.3 is 0 Å². The maximum Gasteiger partial charge on any atom is 0.264 e. The third kappa shape index (κ3) is 7.13. The van der Waals surface area contributed by atoms with Crippen molar-refractivity contribution in [3.63, 3.8) is 0 Å². The van der Waals surface area contributed by atoms with E-state index in [0.717, 1.165) is 15.4 Å². The van der Waals surface area contributed by atoms with Crippen LogP contribution in [0.1, 0.15) is 31.9 Å². The third-order valence-corrected chi connectivity index (χ3v) is 7.79. The third-order valence-electron chi connectivity index (χ3n) is 6.00. The number of nitrogens with zero attached hydrogens (tertiary/aromatic N) is 2. The van der Waals surface area contributed by atoms with Crippen LogP contribution in [-0.4, -0.2) is 50.9 Å². The van der Waals surface area contributed by atoms with Crippen LogP contribution in [0.4, 0.5) is 5.69 Å². The van der Waals surface area contributed by atoms with Crippen LogP contribution in [-0.2, 0) is 26.2 Å². The number of carbonyl (C=O) groups is 2. The lowest BCUT2D eigenvalue weighted by molar-refractivity contribution is -0.139. The zero-order valence-corrected chi connectivity index (χ0v) is 23.1. The summed E-state index contributed by atoms with van der Waals surface area (Å²) in [6.45, 7) is 7.79. The van der Waals surface area contributed by atoms with E-state index < -0.39 is 28.5 Å². The van der Waals surface area contributed by atoms with E-state index in [2.05, 4.69) is 5.32 Å². The molecule has 0 aliphatic heterocycles. The number of benzene rings is 3. The molecule has 0 aliphatic rings. The second-order valence-electron chi connectivity index (χ2n) is 8.83. The van der Waals surface area contributed by atoms with E-state index in [1.165, 1.54) is 17.0 Å². The summed E-state index contributed by atoms with van der Waals surface area (Å²) in [7, 11) is -4.12. The summed E-state index contributed by atoms with van der Waals surface area (Å²) in [6, 6.07) is 21.4. The molecule has 202 valence electrons. The number of likely N-dealkylation sites (N-methyl/N-ethyl adjacent to an activating group) is 1. The normalized spacial score (nSPS) is 11.9. The summed E-state index contributed by atoms with van der Waals surface area (Å²) in [4.78, 5) is 28.0. The van der Waals surface area contributed by atoms with Gasteiger partial charge in [-0.25, -0.2) is 8.42 Å². The van der Waals surface area contributed by atoms with Gasteiger partial charge in [0.2, 0.25) is 11.8 Å². The fourth-order valence-electron chi connectivity index (χ4n) is 4.04. The molecule has 0 heterocycles. The molecular formula is C29H35N3O5S. The molecule has 2 amide bonds. The molecule has 1 N–H and O–H groups in total. The van der Waals surface area contributed by atoms with Gasteiger partial charge in [0, 0.05) is 13.1 Å². The first-order chi connectivity index (χ1) is 18.2. The van der Waals surface area contributed by atoms with E-state index in [0.29, 0.717) is 24.6 Å². The zero-order chi connectivity index (χ0) is 27.7. The van der Waals surface area contributed by atoms with Crippen LogP contribution in [0.5, 0.6) is 5.75 Å². The van der Waals surface area contributed by atoms with Crippen LogP contribution >= 0.6 is 0 Å². The molecular weight excluding hydrogens is 502 g/mol. The predicted octanol–water partition coefficient (Wildman–Crippen LogP) is 4.14. The highest BCUT2D eigenvalue weighted by molar-refractivity contribution is 7.92. The largest absolute Gasteiger partial charge is 0.494 e. The van der Waals surface area contributed by atoms with Crippen molar-refractivity contribution < 1.29 is 22.7 Å². The minimum Gasteiger partial charge on any atom is -0.494 e. The standard InChI is InChI=1S/C29H35N3O5S/c1-5-30-29(34)23(4)31(20-24-12-10-11-22(3)19-24)28(33)21-32(25-13-8-7-9-14-25)38(35,36)27-17-15-26(16-18-27)37-6-2/h7-19,23H,5-6,20-21H2,1-4H3,(H,30,34). The van der Waals surface area contributed by atoms with Crippen molar-refractivity contribution >= 4 is 27.5 Å². The number of hydrogen-bond donors (Lipinski definition) is 1. The lowest BCUT2D eigenvalue weighted by Gasteiger charge is -2.32. The Kier molecular flexibility index (Phi) is 9.90. The minimum atomic E-state index is -4.12. The van der Waals surface area contributed by atoms with Crippen molar-refractivity contribution in [3.05, 3.63) is 90.0 Å². The van der Waals surface area contributed by atoms with Gasteiger partial charge in [-0.15, -0.1) is 0 Å². The predicted molar refractivity (Wildman–Crippen MR) is 148 cm³/mol. The van der Waals surface area contributed by atoms with Gasteiger partial charge in [0.05, 0.1) is 17.2 Å². The molecule has 3 aromatic carbocycles. The number of rotatable bonds is 12. The van der Waals surface area contributed by atoms with Crippen molar-refractivity contribution in [2.45, 2.75) is 45.2 Å². The Morgan fingerprint density at radius 3 is 2.24 bits per heavy atom. The van der Waals surface area contributed by atoms with E-state index in [1.807, 2.05) is 38.1 Å². The van der Waals surface area contributed by atoms with Crippen molar-refractivity contribution in [2.24, 2.45) is 0 Å². The summed E-state index contributed by atoms with van der Waals surface area (Å²) < 4.78 is 34.1. The average molecular weight is 538 g/mol. The molecule has 1 unspecified atom stereocenters. The lowest BCUT2D eigenvalue weighted by Crippen LogP contribution is -2.51. The molecule has 0 bridgehead atoms. The van der Waals surface area contributed by atoms with Crippen LogP contribution in [0.2, 0.25) is 0 Å². The van der Waals surface area contributed by atoms with Crippen LogP contribution in [0, 0.1) is 6.92 Å². The van der Waals surface area contributed by atoms with E-state index in [-0.39, 0.29) is 17.3 Å². The van der Waals surface area contributed by atoms with E-state index in [4.69, 9.17) is 4.74 Å². The summed E-state index contributed by atoms with van der Waals surface area (Å²) >= 11 is 0. The zero-order valence-electron chi connectivity index (χ0n) is 22.3. The van der Waals surface area contributed by atoms with Gasteiger partial charge in [-0.3, -0.25) is 13.9 Å². The number of hydrogen-bond acceptors (Lipinski definition) is 5. The summed E-state index contributed by atoms with van der Waals surface area (Å²) in [5.74, 6) is -0.258. The number of aryl methyl sites for hydroxylation is 1. The number of nitrogens with one attached hydrogen (secondary N) is 1. The summed E-state index contributed by atoms with van der Waals surface area (Å²) in [5.41, 5.74) is 2.20. The van der Waals surface area contributed by atoms with Gasteiger partial charge in [-0.2, -0.15) is 0 Å². The Balaban J connectivity index is 1.99. The number of anilines is 1. The van der Waals surface area contributed by atoms with Gasteiger partial charge in [0.1, 0.15) is 18.3 Å². The van der Waals surface area contributed by atoms with Gasteiger partial charge in [0.15, 0.2) is 0 Å². The monoisotopic (exact) mass is 537 g/mol. The van der Waals surface area contributed by atoms with Crippen molar-refractivity contribution in [3.8, 4) is 5.75 Å². The maximum absolute atomic E-state index is 13.8. The first-order valence-corrected chi connectivity index (χ1v) is 14.0. The fourth-order valence-corrected chi connectivity index (χ4v) is 5.45. The molecule has 0 saturated heterocycles. The van der Waals surface area contributed by atoms with E-state index in [9.17, 15) is 18.0 Å². The second-order valence-corrected chi connectivity index (χ2v) is 10.7. The first-order valence-electron chi connectivity index (χ1n) is 12.6. The van der Waals surface area contributed by atoms with Crippen molar-refractivity contribution in [2.75, 3.05) is 24.0 Å². The molecule has 9 heteroatoms. The van der Waals surface area contributed by atoms with E-state index in [1.54, 1.807) is 56.3 Å². The van der Waals surface area contributed by atoms with Gasteiger partial charge in [0.25, 0.3) is 10.0 Å². The molecule has 3 rings (SSSR count). The van der Waals surface area contributed by atoms with Crippen molar-refractivity contribution in [1.82, 2.24) is 10.2 Å². The molecule has 8 nitrogen and oxygen atoms in total. The van der Waals surface area contributed by atoms with Gasteiger partial charge in [-0.05, 0) is 69.7 Å². The molecule has 0 fully saturated rings. The number of ether oxygens (including phenoxy) is 1. The highest BCUT2D eigenvalue weighted by atomic mass is 32.2. The Hall–Kier alpha value is -3.85. The average Bonchev–Trinajstić information content (AvgIpc) is 2.91. The van der Waals surface area contributed by atoms with E-state index >= 15 is 0 Å². The molecule has 38 heavy (non-hydrogen) atoms. The number of carbonyl (C=O) groups excluding carboxylic acids is 2. The minimum absolute atomic E-state index is 0.0274. The Morgan fingerprint density at radius 1 is 0.947 bits per heavy atom. The lowest BCUT2D eigenvalue weighted by atomic mass is 10.1. The fraction of sp³-hybridized carbons (Fsp3) is 0.310. The molecule has 0 spiro atoms. The molecule has 0 radical (unpaired) electrons. The summed E-state index contributed by atoms with van der Waals surface area (Å²) in [5, 5.41) is 2.76. The molecule has 3 aromatic rings. The van der Waals surface area contributed by atoms with Gasteiger partial charge < -0.3 is 15.0 Å². The van der Waals surface area contributed by atoms with Crippen molar-refractivity contribution in [1.29, 1.82) is 0 Å². The molecule has 1 atom stereocenters. The SMILES string of the molecule is CCNC(=O)C(C)N(Cc1cccc(C)c1)C(=O)CN(c1ccccc1)S(=O)(=O)c1ccc(OCC)cc1. The summed E-state index contributed by atoms with van der Waals surface area (Å²) in [6.07, 6.45) is 0. The van der Waals surface area contributed by atoms with Crippen LogP contribution < -0.4 is 14.4 Å². The Morgan fingerprint density at radius 2 is 1.63 bits per heavy atom. The van der Waals surface area contributed by atoms with Crippen LogP contribution in [0.3, 0.4) is 0 Å². The highest BCUT2D eigenvalue weighted by Gasteiger charge is 2.32. The number of sulfonamides is 1. The number of para-hydroxylation sites is 1. The Bertz CT molecular complexity index is 1330.